The van der Waals surface area contributed by atoms with Gasteiger partial charge < -0.3 is 19.9 Å². The van der Waals surface area contributed by atoms with Crippen LogP contribution in [0, 0.1) is 0 Å². The van der Waals surface area contributed by atoms with Gasteiger partial charge in [-0.3, -0.25) is 9.48 Å². The van der Waals surface area contributed by atoms with Crippen molar-refractivity contribution in [2.24, 2.45) is 7.05 Å². The molecule has 0 atom stereocenters. The second-order valence-electron chi connectivity index (χ2n) is 5.07. The molecule has 136 valence electrons. The minimum absolute atomic E-state index is 0.00849. The number of amides is 1. The first-order chi connectivity index (χ1) is 12.3. The van der Waals surface area contributed by atoms with Crippen molar-refractivity contribution >= 4 is 29.5 Å². The predicted octanol–water partition coefficient (Wildman–Crippen LogP) is 0.944. The van der Waals surface area contributed by atoms with Gasteiger partial charge in [0.1, 0.15) is 11.3 Å². The van der Waals surface area contributed by atoms with E-state index in [9.17, 15) is 19.2 Å². The Morgan fingerprint density at radius 1 is 1.04 bits per heavy atom. The average molecular weight is 361 g/mol. The Labute approximate surface area is 147 Å². The van der Waals surface area contributed by atoms with Gasteiger partial charge in [-0.1, -0.05) is 0 Å². The number of benzene rings is 1. The number of aromatic carboxylic acids is 1. The lowest BCUT2D eigenvalue weighted by molar-refractivity contribution is 0.0597. The maximum Gasteiger partial charge on any atom is 0.339 e. The van der Waals surface area contributed by atoms with Gasteiger partial charge in [-0.05, 0) is 18.2 Å². The van der Waals surface area contributed by atoms with Crippen molar-refractivity contribution in [2.75, 3.05) is 19.5 Å². The summed E-state index contributed by atoms with van der Waals surface area (Å²) >= 11 is 0. The van der Waals surface area contributed by atoms with Crippen LogP contribution in [0.1, 0.15) is 41.6 Å². The molecule has 0 bridgehead atoms. The molecule has 26 heavy (non-hydrogen) atoms. The minimum Gasteiger partial charge on any atom is -0.478 e. The topological polar surface area (TPSA) is 137 Å². The van der Waals surface area contributed by atoms with Crippen molar-refractivity contribution in [3.05, 3.63) is 46.8 Å². The second kappa shape index (κ2) is 7.47. The van der Waals surface area contributed by atoms with Gasteiger partial charge in [0.2, 0.25) is 0 Å². The highest BCUT2D eigenvalue weighted by Crippen LogP contribution is 2.19. The summed E-state index contributed by atoms with van der Waals surface area (Å²) in [4.78, 5) is 47.2. The van der Waals surface area contributed by atoms with Crippen LogP contribution < -0.4 is 5.32 Å². The highest BCUT2D eigenvalue weighted by Gasteiger charge is 2.22. The third-order valence-corrected chi connectivity index (χ3v) is 3.42. The zero-order valence-electron chi connectivity index (χ0n) is 14.1. The van der Waals surface area contributed by atoms with E-state index in [1.165, 1.54) is 39.5 Å². The number of aryl methyl sites for hydroxylation is 1. The Kier molecular flexibility index (Phi) is 5.36. The van der Waals surface area contributed by atoms with E-state index in [0.29, 0.717) is 0 Å². The first kappa shape index (κ1) is 18.6. The van der Waals surface area contributed by atoms with Gasteiger partial charge in [0, 0.05) is 12.7 Å². The Balaban J connectivity index is 2.44. The number of carbonyl (C=O) groups excluding carboxylic acids is 3. The summed E-state index contributed by atoms with van der Waals surface area (Å²) in [5, 5.41) is 15.3. The zero-order valence-corrected chi connectivity index (χ0v) is 14.1. The predicted molar refractivity (Wildman–Crippen MR) is 87.2 cm³/mol. The maximum absolute atomic E-state index is 12.5. The van der Waals surface area contributed by atoms with Gasteiger partial charge in [-0.25, -0.2) is 14.4 Å². The monoisotopic (exact) mass is 361 g/mol. The zero-order chi connectivity index (χ0) is 19.4. The van der Waals surface area contributed by atoms with Crippen LogP contribution in [0.5, 0.6) is 0 Å². The third-order valence-electron chi connectivity index (χ3n) is 3.42. The van der Waals surface area contributed by atoms with E-state index in [0.717, 1.165) is 10.9 Å². The molecule has 0 aliphatic heterocycles. The first-order valence-corrected chi connectivity index (χ1v) is 7.16. The van der Waals surface area contributed by atoms with Gasteiger partial charge in [0.05, 0.1) is 31.5 Å². The largest absolute Gasteiger partial charge is 0.478 e. The quantitative estimate of drug-likeness (QED) is 0.751. The smallest absolute Gasteiger partial charge is 0.339 e. The number of rotatable bonds is 5. The normalized spacial score (nSPS) is 10.1. The molecule has 2 aromatic rings. The van der Waals surface area contributed by atoms with Crippen molar-refractivity contribution in [3.8, 4) is 0 Å². The number of anilines is 1. The summed E-state index contributed by atoms with van der Waals surface area (Å²) < 4.78 is 10.3. The molecule has 2 rings (SSSR count). The Hall–Kier alpha value is -3.69. The molecule has 1 aromatic heterocycles. The summed E-state index contributed by atoms with van der Waals surface area (Å²) in [6.07, 6.45) is 1.04. The van der Waals surface area contributed by atoms with E-state index in [1.807, 2.05) is 0 Å². The molecule has 0 saturated carbocycles. The summed E-state index contributed by atoms with van der Waals surface area (Å²) in [5.41, 5.74) is -0.387. The summed E-state index contributed by atoms with van der Waals surface area (Å²) in [7, 11) is 3.74. The van der Waals surface area contributed by atoms with Crippen LogP contribution in [0.25, 0.3) is 0 Å². The van der Waals surface area contributed by atoms with Gasteiger partial charge in [0.25, 0.3) is 5.91 Å². The summed E-state index contributed by atoms with van der Waals surface area (Å²) in [6.45, 7) is 0. The number of carboxylic acids is 1. The van der Waals surface area contributed by atoms with Crippen LogP contribution in [0.3, 0.4) is 0 Å². The molecule has 1 aromatic carbocycles. The van der Waals surface area contributed by atoms with Crippen LogP contribution in [-0.2, 0) is 16.5 Å². The lowest BCUT2D eigenvalue weighted by Gasteiger charge is -2.10. The molecule has 0 aliphatic rings. The van der Waals surface area contributed by atoms with Crippen molar-refractivity contribution in [3.63, 3.8) is 0 Å². The van der Waals surface area contributed by atoms with Crippen molar-refractivity contribution in [1.82, 2.24) is 9.78 Å². The Morgan fingerprint density at radius 3 is 2.04 bits per heavy atom. The number of esters is 2. The van der Waals surface area contributed by atoms with Crippen LogP contribution in [0.2, 0.25) is 0 Å². The maximum atomic E-state index is 12.5. The molecule has 2 N–H and O–H groups in total. The number of hydrogen-bond donors (Lipinski definition) is 2. The standard InChI is InChI=1S/C16H15N3O7/c1-19-12(11(7-17-19)14(21)22)13(20)18-10-5-8(15(23)25-2)4-9(6-10)16(24)26-3/h4-7H,1-3H3,(H,18,20)(H,21,22). The molecule has 0 unspecified atom stereocenters. The highest BCUT2D eigenvalue weighted by molar-refractivity contribution is 6.10. The summed E-state index contributed by atoms with van der Waals surface area (Å²) in [5.74, 6) is -3.54. The fourth-order valence-electron chi connectivity index (χ4n) is 2.22. The molecule has 10 nitrogen and oxygen atoms in total. The molecule has 0 radical (unpaired) electrons. The summed E-state index contributed by atoms with van der Waals surface area (Å²) in [6, 6.07) is 3.82. The first-order valence-electron chi connectivity index (χ1n) is 7.16. The van der Waals surface area contributed by atoms with E-state index in [-0.39, 0.29) is 28.1 Å². The molecule has 0 aliphatic carbocycles. The number of hydrogen-bond acceptors (Lipinski definition) is 7. The number of nitrogens with one attached hydrogen (secondary N) is 1. The molecular formula is C16H15N3O7. The molecule has 1 amide bonds. The van der Waals surface area contributed by atoms with Crippen LogP contribution in [-0.4, -0.2) is 52.9 Å². The van der Waals surface area contributed by atoms with Crippen LogP contribution in [0.15, 0.2) is 24.4 Å². The SMILES string of the molecule is COC(=O)c1cc(NC(=O)c2c(C(=O)O)cnn2C)cc(C(=O)OC)c1. The van der Waals surface area contributed by atoms with E-state index < -0.39 is 23.8 Å². The van der Waals surface area contributed by atoms with E-state index in [2.05, 4.69) is 19.9 Å². The van der Waals surface area contributed by atoms with Gasteiger partial charge >= 0.3 is 17.9 Å². The molecule has 10 heteroatoms. The van der Waals surface area contributed by atoms with E-state index in [1.54, 1.807) is 0 Å². The van der Waals surface area contributed by atoms with E-state index >= 15 is 0 Å². The Bertz CT molecular complexity index is 867. The van der Waals surface area contributed by atoms with Crippen molar-refractivity contribution in [2.45, 2.75) is 0 Å². The lowest BCUT2D eigenvalue weighted by Crippen LogP contribution is -2.20. The van der Waals surface area contributed by atoms with Crippen molar-refractivity contribution in [1.29, 1.82) is 0 Å². The number of carboxylic acid groups (broad SMARTS) is 1. The average Bonchev–Trinajstić information content (AvgIpc) is 3.01. The lowest BCUT2D eigenvalue weighted by atomic mass is 10.1. The molecule has 0 fully saturated rings. The number of ether oxygens (including phenoxy) is 2. The van der Waals surface area contributed by atoms with E-state index in [4.69, 9.17) is 5.11 Å². The molecular weight excluding hydrogens is 346 g/mol. The fourth-order valence-corrected chi connectivity index (χ4v) is 2.22. The van der Waals surface area contributed by atoms with Gasteiger partial charge in [-0.2, -0.15) is 5.10 Å². The van der Waals surface area contributed by atoms with Gasteiger partial charge in [0.15, 0.2) is 0 Å². The number of carbonyl (C=O) groups is 4. The van der Waals surface area contributed by atoms with Crippen molar-refractivity contribution < 1.29 is 33.8 Å². The Morgan fingerprint density at radius 2 is 1.58 bits per heavy atom. The van der Waals surface area contributed by atoms with Crippen LogP contribution in [0.4, 0.5) is 5.69 Å². The molecule has 0 saturated heterocycles. The minimum atomic E-state index is -1.32. The van der Waals surface area contributed by atoms with Gasteiger partial charge in [-0.15, -0.1) is 0 Å². The number of aromatic nitrogens is 2. The molecule has 1 heterocycles. The number of nitrogens with zero attached hydrogens (tertiary/aromatic N) is 2. The second-order valence-corrected chi connectivity index (χ2v) is 5.07. The number of methoxy groups -OCH3 is 2. The fraction of sp³-hybridized carbons (Fsp3) is 0.188. The third kappa shape index (κ3) is 3.69. The highest BCUT2D eigenvalue weighted by atomic mass is 16.5. The van der Waals surface area contributed by atoms with Crippen LogP contribution >= 0.6 is 0 Å². The molecule has 0 spiro atoms.